The van der Waals surface area contributed by atoms with Gasteiger partial charge < -0.3 is 20.1 Å². The fourth-order valence-electron chi connectivity index (χ4n) is 5.72. The van der Waals surface area contributed by atoms with Crippen LogP contribution in [0.2, 0.25) is 0 Å². The minimum Gasteiger partial charge on any atom is -0.441 e. The number of aliphatic hydroxyl groups excluding tert-OH is 1. The highest BCUT2D eigenvalue weighted by atomic mass is 19.1. The van der Waals surface area contributed by atoms with E-state index >= 15 is 4.39 Å². The Kier molecular flexibility index (Phi) is 8.76. The lowest BCUT2D eigenvalue weighted by Gasteiger charge is -2.43. The standard InChI is InChI=1S/C31H37FN4O3/c1-2-35(29-14-13-25(18-27(29)32)36-20-26(22-37)39-31(36)38)30(17-23-9-5-3-6-10-23)28-21-34(16-15-33-28)19-24-11-7-4-8-12-24/h3-14,18,26,28,30,33,37H,2,15-17,19-22H2,1H3/t26-,28-,30+/m1/s1. The van der Waals surface area contributed by atoms with Crippen molar-refractivity contribution in [2.75, 3.05) is 49.1 Å². The van der Waals surface area contributed by atoms with Crippen molar-refractivity contribution in [3.8, 4) is 0 Å². The molecule has 0 aliphatic carbocycles. The number of amides is 1. The molecule has 0 unspecified atom stereocenters. The molecule has 2 aliphatic heterocycles. The van der Waals surface area contributed by atoms with Crippen LogP contribution in [0, 0.1) is 5.82 Å². The van der Waals surface area contributed by atoms with Crippen molar-refractivity contribution in [2.45, 2.75) is 38.1 Å². The Hall–Kier alpha value is -3.46. The minimum absolute atomic E-state index is 0.00634. The number of anilines is 2. The highest BCUT2D eigenvalue weighted by molar-refractivity contribution is 5.90. The van der Waals surface area contributed by atoms with Crippen molar-refractivity contribution < 1.29 is 19.0 Å². The summed E-state index contributed by atoms with van der Waals surface area (Å²) >= 11 is 0. The molecule has 5 rings (SSSR count). The molecule has 2 heterocycles. The number of ether oxygens (including phenoxy) is 1. The highest BCUT2D eigenvalue weighted by Crippen LogP contribution is 2.31. The molecule has 3 atom stereocenters. The van der Waals surface area contributed by atoms with Crippen LogP contribution in [0.1, 0.15) is 18.1 Å². The van der Waals surface area contributed by atoms with Gasteiger partial charge in [0.25, 0.3) is 0 Å². The predicted octanol–water partition coefficient (Wildman–Crippen LogP) is 4.05. The second-order valence-electron chi connectivity index (χ2n) is 10.3. The summed E-state index contributed by atoms with van der Waals surface area (Å²) in [6.07, 6.45) is -0.400. The average molecular weight is 533 g/mol. The summed E-state index contributed by atoms with van der Waals surface area (Å²) in [5.41, 5.74) is 3.43. The number of rotatable bonds is 10. The first-order valence-corrected chi connectivity index (χ1v) is 13.7. The maximum atomic E-state index is 15.8. The number of halogens is 1. The molecule has 2 fully saturated rings. The van der Waals surface area contributed by atoms with E-state index in [1.54, 1.807) is 12.1 Å². The molecule has 3 aromatic carbocycles. The third-order valence-corrected chi connectivity index (χ3v) is 7.66. The van der Waals surface area contributed by atoms with Crippen molar-refractivity contribution in [3.05, 3.63) is 95.8 Å². The van der Waals surface area contributed by atoms with Crippen LogP contribution in [0.5, 0.6) is 0 Å². The summed E-state index contributed by atoms with van der Waals surface area (Å²) in [5.74, 6) is -0.385. The highest BCUT2D eigenvalue weighted by Gasteiger charge is 2.34. The van der Waals surface area contributed by atoms with E-state index in [0.29, 0.717) is 17.9 Å². The summed E-state index contributed by atoms with van der Waals surface area (Å²) in [4.78, 5) is 18.2. The van der Waals surface area contributed by atoms with E-state index in [0.717, 1.165) is 32.6 Å². The van der Waals surface area contributed by atoms with Gasteiger partial charge in [-0.05, 0) is 42.7 Å². The van der Waals surface area contributed by atoms with Crippen molar-refractivity contribution >= 4 is 17.5 Å². The summed E-state index contributed by atoms with van der Waals surface area (Å²) in [5, 5.41) is 13.1. The Labute approximate surface area is 229 Å². The zero-order valence-electron chi connectivity index (χ0n) is 22.4. The number of piperazine rings is 1. The maximum Gasteiger partial charge on any atom is 0.414 e. The number of likely N-dealkylation sites (N-methyl/N-ethyl adjacent to an activating group) is 1. The SMILES string of the molecule is CCN(c1ccc(N2C[C@H](CO)OC2=O)cc1F)[C@@H](Cc1ccccc1)[C@H]1CN(Cc2ccccc2)CCN1. The van der Waals surface area contributed by atoms with Gasteiger partial charge in [0, 0.05) is 44.8 Å². The van der Waals surface area contributed by atoms with E-state index in [1.165, 1.54) is 22.1 Å². The molecule has 0 spiro atoms. The molecule has 206 valence electrons. The second-order valence-corrected chi connectivity index (χ2v) is 10.3. The molecule has 0 aromatic heterocycles. The first-order valence-electron chi connectivity index (χ1n) is 13.7. The number of carbonyl (C=O) groups is 1. The molecule has 2 saturated heterocycles. The first kappa shape index (κ1) is 27.1. The fourth-order valence-corrected chi connectivity index (χ4v) is 5.72. The third-order valence-electron chi connectivity index (χ3n) is 7.66. The smallest absolute Gasteiger partial charge is 0.414 e. The Morgan fingerprint density at radius 1 is 1.05 bits per heavy atom. The quantitative estimate of drug-likeness (QED) is 0.411. The van der Waals surface area contributed by atoms with Gasteiger partial charge in [0.1, 0.15) is 11.9 Å². The number of aliphatic hydroxyl groups is 1. The van der Waals surface area contributed by atoms with E-state index in [9.17, 15) is 9.90 Å². The van der Waals surface area contributed by atoms with Crippen LogP contribution in [0.4, 0.5) is 20.6 Å². The Morgan fingerprint density at radius 2 is 1.77 bits per heavy atom. The van der Waals surface area contributed by atoms with Crippen LogP contribution >= 0.6 is 0 Å². The average Bonchev–Trinajstić information content (AvgIpc) is 3.35. The van der Waals surface area contributed by atoms with Crippen molar-refractivity contribution in [3.63, 3.8) is 0 Å². The molecule has 7 nitrogen and oxygen atoms in total. The molecule has 0 saturated carbocycles. The Morgan fingerprint density at radius 3 is 2.41 bits per heavy atom. The first-order chi connectivity index (χ1) is 19.1. The lowest BCUT2D eigenvalue weighted by Crippen LogP contribution is -2.60. The van der Waals surface area contributed by atoms with Crippen molar-refractivity contribution in [2.24, 2.45) is 0 Å². The number of cyclic esters (lactones) is 1. The van der Waals surface area contributed by atoms with Gasteiger partial charge in [-0.1, -0.05) is 60.7 Å². The van der Waals surface area contributed by atoms with E-state index in [4.69, 9.17) is 4.74 Å². The number of nitrogens with one attached hydrogen (secondary N) is 1. The molecular formula is C31H37FN4O3. The monoisotopic (exact) mass is 532 g/mol. The number of hydrogen-bond acceptors (Lipinski definition) is 6. The fraction of sp³-hybridized carbons (Fsp3) is 0.387. The molecule has 0 bridgehead atoms. The lowest BCUT2D eigenvalue weighted by molar-refractivity contribution is 0.0963. The maximum absolute atomic E-state index is 15.8. The van der Waals surface area contributed by atoms with Crippen LogP contribution in [0.3, 0.4) is 0 Å². The Bertz CT molecular complexity index is 1230. The van der Waals surface area contributed by atoms with Gasteiger partial charge in [-0.2, -0.15) is 0 Å². The van der Waals surface area contributed by atoms with Crippen LogP contribution in [-0.4, -0.2) is 73.6 Å². The molecule has 2 aliphatic rings. The molecule has 0 radical (unpaired) electrons. The van der Waals surface area contributed by atoms with E-state index in [2.05, 4.69) is 58.4 Å². The Balaban J connectivity index is 1.40. The summed E-state index contributed by atoms with van der Waals surface area (Å²) in [7, 11) is 0. The zero-order valence-corrected chi connectivity index (χ0v) is 22.4. The van der Waals surface area contributed by atoms with Gasteiger partial charge >= 0.3 is 6.09 Å². The van der Waals surface area contributed by atoms with Gasteiger partial charge in [-0.3, -0.25) is 9.80 Å². The van der Waals surface area contributed by atoms with Gasteiger partial charge in [0.15, 0.2) is 0 Å². The van der Waals surface area contributed by atoms with Gasteiger partial charge in [-0.25, -0.2) is 9.18 Å². The third kappa shape index (κ3) is 6.41. The normalized spacial score (nSPS) is 20.6. The van der Waals surface area contributed by atoms with Crippen molar-refractivity contribution in [1.82, 2.24) is 10.2 Å². The summed E-state index contributed by atoms with van der Waals surface area (Å²) in [6.45, 7) is 6.18. The van der Waals surface area contributed by atoms with Gasteiger partial charge in [0.05, 0.1) is 24.5 Å². The van der Waals surface area contributed by atoms with Gasteiger partial charge in [-0.15, -0.1) is 0 Å². The van der Waals surface area contributed by atoms with E-state index in [1.807, 2.05) is 24.3 Å². The topological polar surface area (TPSA) is 68.3 Å². The summed E-state index contributed by atoms with van der Waals surface area (Å²) in [6, 6.07) is 25.9. The lowest BCUT2D eigenvalue weighted by atomic mass is 9.95. The van der Waals surface area contributed by atoms with E-state index in [-0.39, 0.29) is 31.1 Å². The molecule has 3 aromatic rings. The zero-order chi connectivity index (χ0) is 27.2. The van der Waals surface area contributed by atoms with Gasteiger partial charge in [0.2, 0.25) is 0 Å². The molecular weight excluding hydrogens is 495 g/mol. The number of benzene rings is 3. The van der Waals surface area contributed by atoms with Crippen LogP contribution in [0.25, 0.3) is 0 Å². The minimum atomic E-state index is -0.598. The van der Waals surface area contributed by atoms with Crippen LogP contribution < -0.4 is 15.1 Å². The van der Waals surface area contributed by atoms with Crippen molar-refractivity contribution in [1.29, 1.82) is 0 Å². The molecule has 1 amide bonds. The molecule has 8 heteroatoms. The van der Waals surface area contributed by atoms with Crippen LogP contribution in [-0.2, 0) is 17.7 Å². The molecule has 39 heavy (non-hydrogen) atoms. The number of nitrogens with zero attached hydrogens (tertiary/aromatic N) is 3. The predicted molar refractivity (Wildman–Crippen MR) is 152 cm³/mol. The summed E-state index contributed by atoms with van der Waals surface area (Å²) < 4.78 is 20.9. The van der Waals surface area contributed by atoms with E-state index < -0.39 is 12.2 Å². The van der Waals surface area contributed by atoms with Crippen LogP contribution in [0.15, 0.2) is 78.9 Å². The largest absolute Gasteiger partial charge is 0.441 e. The second kappa shape index (κ2) is 12.6. The number of hydrogen-bond donors (Lipinski definition) is 2. The number of carbonyl (C=O) groups excluding carboxylic acids is 1. The molecule has 2 N–H and O–H groups in total.